The van der Waals surface area contributed by atoms with Crippen LogP contribution in [0.15, 0.2) is 12.3 Å². The molecule has 1 aromatic heterocycles. The fourth-order valence-corrected chi connectivity index (χ4v) is 2.31. The molecule has 0 atom stereocenters. The highest BCUT2D eigenvalue weighted by molar-refractivity contribution is 5.81. The molecule has 1 fully saturated rings. The van der Waals surface area contributed by atoms with E-state index >= 15 is 0 Å². The van der Waals surface area contributed by atoms with Gasteiger partial charge in [0.05, 0.1) is 6.54 Å². The molecule has 0 aromatic carbocycles. The van der Waals surface area contributed by atoms with E-state index in [1.54, 1.807) is 0 Å². The molecule has 0 bridgehead atoms. The Morgan fingerprint density at radius 2 is 2.37 bits per heavy atom. The van der Waals surface area contributed by atoms with E-state index in [1.165, 1.54) is 5.56 Å². The molecular formula is C14H22N4O. The van der Waals surface area contributed by atoms with Gasteiger partial charge in [0.25, 0.3) is 0 Å². The van der Waals surface area contributed by atoms with Gasteiger partial charge in [-0.2, -0.15) is 0 Å². The zero-order valence-corrected chi connectivity index (χ0v) is 11.7. The van der Waals surface area contributed by atoms with E-state index in [4.69, 9.17) is 0 Å². The minimum Gasteiger partial charge on any atom is -0.354 e. The summed E-state index contributed by atoms with van der Waals surface area (Å²) in [7, 11) is 0. The molecule has 5 nitrogen and oxygen atoms in total. The van der Waals surface area contributed by atoms with Gasteiger partial charge in [0, 0.05) is 25.8 Å². The zero-order valence-electron chi connectivity index (χ0n) is 11.7. The maximum absolute atomic E-state index is 11.6. The third-order valence-electron chi connectivity index (χ3n) is 3.25. The highest BCUT2D eigenvalue weighted by Crippen LogP contribution is 2.18. The molecule has 1 saturated heterocycles. The van der Waals surface area contributed by atoms with E-state index in [2.05, 4.69) is 40.4 Å². The summed E-state index contributed by atoms with van der Waals surface area (Å²) in [4.78, 5) is 18.2. The van der Waals surface area contributed by atoms with E-state index in [1.807, 2.05) is 6.20 Å². The van der Waals surface area contributed by atoms with Crippen molar-refractivity contribution in [3.05, 3.63) is 23.4 Å². The van der Waals surface area contributed by atoms with E-state index < -0.39 is 0 Å². The van der Waals surface area contributed by atoms with E-state index in [0.717, 1.165) is 44.0 Å². The smallest absolute Gasteiger partial charge is 0.239 e. The number of carbonyl (C=O) groups is 1. The quantitative estimate of drug-likeness (QED) is 0.844. The van der Waals surface area contributed by atoms with Crippen LogP contribution in [0.3, 0.4) is 0 Å². The lowest BCUT2D eigenvalue weighted by Crippen LogP contribution is -2.34. The molecule has 19 heavy (non-hydrogen) atoms. The standard InChI is InChI=1S/C14H22N4O/c1-3-15-8-12-7-11(2)14(17-9-12)18-6-4-5-16-13(19)10-18/h7,9,15H,3-6,8,10H2,1-2H3,(H,16,19). The van der Waals surface area contributed by atoms with E-state index in [9.17, 15) is 4.79 Å². The molecule has 2 heterocycles. The van der Waals surface area contributed by atoms with Crippen molar-refractivity contribution in [2.45, 2.75) is 26.8 Å². The molecule has 0 aliphatic carbocycles. The summed E-state index contributed by atoms with van der Waals surface area (Å²) >= 11 is 0. The van der Waals surface area contributed by atoms with Gasteiger partial charge in [0.1, 0.15) is 5.82 Å². The number of nitrogens with one attached hydrogen (secondary N) is 2. The number of aromatic nitrogens is 1. The van der Waals surface area contributed by atoms with Crippen molar-refractivity contribution < 1.29 is 4.79 Å². The summed E-state index contributed by atoms with van der Waals surface area (Å²) in [5.74, 6) is 1.01. The van der Waals surface area contributed by atoms with Crippen LogP contribution < -0.4 is 15.5 Å². The van der Waals surface area contributed by atoms with Gasteiger partial charge in [-0.1, -0.05) is 6.92 Å². The van der Waals surface area contributed by atoms with Crippen LogP contribution in [-0.2, 0) is 11.3 Å². The van der Waals surface area contributed by atoms with E-state index in [-0.39, 0.29) is 5.91 Å². The first-order chi connectivity index (χ1) is 9.20. The van der Waals surface area contributed by atoms with Crippen LogP contribution in [0.1, 0.15) is 24.5 Å². The van der Waals surface area contributed by atoms with Gasteiger partial charge in [-0.3, -0.25) is 4.79 Å². The topological polar surface area (TPSA) is 57.3 Å². The molecule has 104 valence electrons. The maximum atomic E-state index is 11.6. The summed E-state index contributed by atoms with van der Waals surface area (Å²) < 4.78 is 0. The third-order valence-corrected chi connectivity index (χ3v) is 3.25. The number of pyridine rings is 1. The minimum absolute atomic E-state index is 0.0791. The fraction of sp³-hybridized carbons (Fsp3) is 0.571. The van der Waals surface area contributed by atoms with Gasteiger partial charge >= 0.3 is 0 Å². The van der Waals surface area contributed by atoms with Crippen LogP contribution >= 0.6 is 0 Å². The maximum Gasteiger partial charge on any atom is 0.239 e. The van der Waals surface area contributed by atoms with Crippen LogP contribution in [-0.4, -0.2) is 37.1 Å². The SMILES string of the molecule is CCNCc1cnc(N2CCCNC(=O)C2)c(C)c1. The molecule has 1 aromatic rings. The van der Waals surface area contributed by atoms with E-state index in [0.29, 0.717) is 6.54 Å². The van der Waals surface area contributed by atoms with Gasteiger partial charge in [0.2, 0.25) is 5.91 Å². The molecule has 2 N–H and O–H groups in total. The molecular weight excluding hydrogens is 240 g/mol. The number of amides is 1. The summed E-state index contributed by atoms with van der Waals surface area (Å²) in [6.07, 6.45) is 2.86. The highest BCUT2D eigenvalue weighted by Gasteiger charge is 2.17. The second-order valence-electron chi connectivity index (χ2n) is 4.89. The summed E-state index contributed by atoms with van der Waals surface area (Å²) in [6.45, 7) is 7.97. The first kappa shape index (κ1) is 13.8. The van der Waals surface area contributed by atoms with Crippen molar-refractivity contribution in [1.29, 1.82) is 0 Å². The molecule has 0 spiro atoms. The monoisotopic (exact) mass is 262 g/mol. The first-order valence-corrected chi connectivity index (χ1v) is 6.88. The van der Waals surface area contributed by atoms with Gasteiger partial charge < -0.3 is 15.5 Å². The Labute approximate surface area is 114 Å². The Morgan fingerprint density at radius 1 is 1.53 bits per heavy atom. The predicted molar refractivity (Wildman–Crippen MR) is 76.2 cm³/mol. The van der Waals surface area contributed by atoms with Crippen LogP contribution in [0.2, 0.25) is 0 Å². The lowest BCUT2D eigenvalue weighted by molar-refractivity contribution is -0.119. The fourth-order valence-electron chi connectivity index (χ4n) is 2.31. The number of aryl methyl sites for hydroxylation is 1. The second-order valence-corrected chi connectivity index (χ2v) is 4.89. The van der Waals surface area contributed by atoms with Crippen LogP contribution in [0.25, 0.3) is 0 Å². The number of nitrogens with zero attached hydrogens (tertiary/aromatic N) is 2. The second kappa shape index (κ2) is 6.52. The molecule has 1 amide bonds. The average molecular weight is 262 g/mol. The Bertz CT molecular complexity index is 447. The van der Waals surface area contributed by atoms with Crippen LogP contribution in [0.5, 0.6) is 0 Å². The number of hydrogen-bond acceptors (Lipinski definition) is 4. The van der Waals surface area contributed by atoms with Crippen LogP contribution in [0, 0.1) is 6.92 Å². The Kier molecular flexibility index (Phi) is 4.74. The lowest BCUT2D eigenvalue weighted by Gasteiger charge is -2.22. The first-order valence-electron chi connectivity index (χ1n) is 6.88. The highest BCUT2D eigenvalue weighted by atomic mass is 16.2. The van der Waals surface area contributed by atoms with Gasteiger partial charge in [-0.15, -0.1) is 0 Å². The van der Waals surface area contributed by atoms with Crippen molar-refractivity contribution in [2.75, 3.05) is 31.1 Å². The Morgan fingerprint density at radius 3 is 3.11 bits per heavy atom. The predicted octanol–water partition coefficient (Wildman–Crippen LogP) is 0.826. The van der Waals surface area contributed by atoms with Crippen molar-refractivity contribution in [3.8, 4) is 0 Å². The summed E-state index contributed by atoms with van der Waals surface area (Å²) in [5.41, 5.74) is 2.31. The Balaban J connectivity index is 2.12. The van der Waals surface area contributed by atoms with Gasteiger partial charge in [-0.25, -0.2) is 4.98 Å². The van der Waals surface area contributed by atoms with Crippen molar-refractivity contribution >= 4 is 11.7 Å². The summed E-state index contributed by atoms with van der Waals surface area (Å²) in [5, 5.41) is 6.17. The molecule has 1 aliphatic heterocycles. The molecule has 2 rings (SSSR count). The third kappa shape index (κ3) is 3.67. The van der Waals surface area contributed by atoms with Gasteiger partial charge in [0.15, 0.2) is 0 Å². The lowest BCUT2D eigenvalue weighted by atomic mass is 10.2. The molecule has 0 saturated carbocycles. The summed E-state index contributed by atoms with van der Waals surface area (Å²) in [6, 6.07) is 2.15. The number of carbonyl (C=O) groups excluding carboxylic acids is 1. The minimum atomic E-state index is 0.0791. The molecule has 5 heteroatoms. The molecule has 1 aliphatic rings. The number of hydrogen-bond donors (Lipinski definition) is 2. The average Bonchev–Trinajstić information content (AvgIpc) is 2.61. The molecule has 0 radical (unpaired) electrons. The Hall–Kier alpha value is -1.62. The number of anilines is 1. The van der Waals surface area contributed by atoms with Crippen molar-refractivity contribution in [1.82, 2.24) is 15.6 Å². The largest absolute Gasteiger partial charge is 0.354 e. The number of rotatable bonds is 4. The zero-order chi connectivity index (χ0) is 13.7. The van der Waals surface area contributed by atoms with Crippen molar-refractivity contribution in [3.63, 3.8) is 0 Å². The van der Waals surface area contributed by atoms with Crippen LogP contribution in [0.4, 0.5) is 5.82 Å². The van der Waals surface area contributed by atoms with Gasteiger partial charge in [-0.05, 0) is 37.1 Å². The normalized spacial score (nSPS) is 16.1. The molecule has 0 unspecified atom stereocenters. The van der Waals surface area contributed by atoms with Crippen molar-refractivity contribution in [2.24, 2.45) is 0 Å².